The molecule has 0 radical (unpaired) electrons. The van der Waals surface area contributed by atoms with Gasteiger partial charge in [0.15, 0.2) is 17.5 Å². The van der Waals surface area contributed by atoms with Gasteiger partial charge in [-0.05, 0) is 23.6 Å². The van der Waals surface area contributed by atoms with Gasteiger partial charge >= 0.3 is 0 Å². The van der Waals surface area contributed by atoms with Crippen LogP contribution in [0.5, 0.6) is 11.5 Å². The molecule has 1 atom stereocenters. The van der Waals surface area contributed by atoms with Crippen molar-refractivity contribution in [2.75, 3.05) is 26.1 Å². The Morgan fingerprint density at radius 1 is 1.27 bits per heavy atom. The van der Waals surface area contributed by atoms with E-state index in [2.05, 4.69) is 28.7 Å². The van der Waals surface area contributed by atoms with Gasteiger partial charge in [0.25, 0.3) is 0 Å². The number of aliphatic imine (C=N–C) groups is 1. The van der Waals surface area contributed by atoms with Crippen molar-refractivity contribution in [3.63, 3.8) is 0 Å². The van der Waals surface area contributed by atoms with E-state index in [-0.39, 0.29) is 0 Å². The second kappa shape index (κ2) is 7.70. The number of guanidine groups is 1. The summed E-state index contributed by atoms with van der Waals surface area (Å²) in [6, 6.07) is 9.67. The molecule has 0 spiro atoms. The number of ether oxygens (including phenoxy) is 2. The Morgan fingerprint density at radius 2 is 2.05 bits per heavy atom. The summed E-state index contributed by atoms with van der Waals surface area (Å²) in [6.45, 7) is 2.78. The molecule has 0 fully saturated rings. The van der Waals surface area contributed by atoms with E-state index >= 15 is 0 Å². The van der Waals surface area contributed by atoms with Gasteiger partial charge in [-0.2, -0.15) is 0 Å². The fourth-order valence-electron chi connectivity index (χ4n) is 2.00. The van der Waals surface area contributed by atoms with Gasteiger partial charge in [0, 0.05) is 22.5 Å². The van der Waals surface area contributed by atoms with Crippen LogP contribution in [0.4, 0.5) is 5.69 Å². The molecule has 118 valence electrons. The molecule has 22 heavy (non-hydrogen) atoms. The monoisotopic (exact) mass is 319 g/mol. The zero-order valence-electron chi connectivity index (χ0n) is 13.0. The second-order valence-corrected chi connectivity index (χ2v) is 5.82. The topological polar surface area (TPSA) is 68.9 Å². The summed E-state index contributed by atoms with van der Waals surface area (Å²) in [4.78, 5) is 5.70. The van der Waals surface area contributed by atoms with Crippen LogP contribution in [0.3, 0.4) is 0 Å². The van der Waals surface area contributed by atoms with Crippen molar-refractivity contribution in [2.24, 2.45) is 10.7 Å². The molecular formula is C16H21N3O2S. The third-order valence-corrected chi connectivity index (χ3v) is 4.32. The predicted octanol–water partition coefficient (Wildman–Crippen LogP) is 3.30. The van der Waals surface area contributed by atoms with Crippen molar-refractivity contribution in [3.8, 4) is 11.5 Å². The number of benzene rings is 1. The van der Waals surface area contributed by atoms with E-state index in [1.807, 2.05) is 24.3 Å². The quantitative estimate of drug-likeness (QED) is 0.633. The van der Waals surface area contributed by atoms with E-state index in [1.165, 1.54) is 4.88 Å². The molecule has 5 nitrogen and oxygen atoms in total. The SMILES string of the molecule is COc1ccc(NC(N)=NCC(C)c2cccs2)cc1OC. The molecule has 0 aliphatic carbocycles. The minimum absolute atomic E-state index is 0.353. The lowest BCUT2D eigenvalue weighted by Crippen LogP contribution is -2.23. The first-order valence-electron chi connectivity index (χ1n) is 6.96. The number of nitrogens with two attached hydrogens (primary N) is 1. The second-order valence-electron chi connectivity index (χ2n) is 4.84. The first-order chi connectivity index (χ1) is 10.6. The molecule has 0 aliphatic rings. The first kappa shape index (κ1) is 16.2. The number of nitrogens with zero attached hydrogens (tertiary/aromatic N) is 1. The molecule has 2 aromatic rings. The molecule has 3 N–H and O–H groups in total. The summed E-state index contributed by atoms with van der Waals surface area (Å²) in [5, 5.41) is 5.13. The van der Waals surface area contributed by atoms with E-state index in [0.29, 0.717) is 29.9 Å². The largest absolute Gasteiger partial charge is 0.493 e. The number of hydrogen-bond donors (Lipinski definition) is 2. The number of nitrogens with one attached hydrogen (secondary N) is 1. The Morgan fingerprint density at radius 3 is 2.68 bits per heavy atom. The number of hydrogen-bond acceptors (Lipinski definition) is 4. The number of thiophene rings is 1. The standard InChI is InChI=1S/C16H21N3O2S/c1-11(15-5-4-8-22-15)10-18-16(17)19-12-6-7-13(20-2)14(9-12)21-3/h4-9,11H,10H2,1-3H3,(H3,17,18,19). The number of rotatable bonds is 6. The van der Waals surface area contributed by atoms with Gasteiger partial charge in [0.2, 0.25) is 0 Å². The van der Waals surface area contributed by atoms with Crippen molar-refractivity contribution in [2.45, 2.75) is 12.8 Å². The number of anilines is 1. The van der Waals surface area contributed by atoms with Crippen molar-refractivity contribution in [1.29, 1.82) is 0 Å². The highest BCUT2D eigenvalue weighted by Gasteiger charge is 2.07. The van der Waals surface area contributed by atoms with Crippen LogP contribution in [0.25, 0.3) is 0 Å². The van der Waals surface area contributed by atoms with Crippen molar-refractivity contribution < 1.29 is 9.47 Å². The fourth-order valence-corrected chi connectivity index (χ4v) is 2.78. The van der Waals surface area contributed by atoms with Crippen molar-refractivity contribution in [1.82, 2.24) is 0 Å². The molecule has 1 aromatic carbocycles. The van der Waals surface area contributed by atoms with Gasteiger partial charge in [0.05, 0.1) is 20.8 Å². The number of methoxy groups -OCH3 is 2. The van der Waals surface area contributed by atoms with Gasteiger partial charge in [0.1, 0.15) is 0 Å². The van der Waals surface area contributed by atoms with Crippen LogP contribution in [0.1, 0.15) is 17.7 Å². The lowest BCUT2D eigenvalue weighted by Gasteiger charge is -2.11. The van der Waals surface area contributed by atoms with Gasteiger partial charge in [-0.3, -0.25) is 4.99 Å². The molecule has 2 rings (SSSR count). The molecule has 0 amide bonds. The Labute approximate surface area is 134 Å². The highest BCUT2D eigenvalue weighted by atomic mass is 32.1. The van der Waals surface area contributed by atoms with Crippen LogP contribution in [0.2, 0.25) is 0 Å². The maximum absolute atomic E-state index is 5.94. The Hall–Kier alpha value is -2.21. The van der Waals surface area contributed by atoms with Crippen LogP contribution in [-0.4, -0.2) is 26.7 Å². The summed E-state index contributed by atoms with van der Waals surface area (Å²) >= 11 is 1.73. The Kier molecular flexibility index (Phi) is 5.66. The fraction of sp³-hybridized carbons (Fsp3) is 0.312. The van der Waals surface area contributed by atoms with E-state index < -0.39 is 0 Å². The van der Waals surface area contributed by atoms with Crippen LogP contribution >= 0.6 is 11.3 Å². The summed E-state index contributed by atoms with van der Waals surface area (Å²) in [7, 11) is 3.20. The molecule has 1 heterocycles. The molecule has 1 aromatic heterocycles. The normalized spacial score (nSPS) is 12.8. The van der Waals surface area contributed by atoms with E-state index in [1.54, 1.807) is 25.6 Å². The van der Waals surface area contributed by atoms with Crippen LogP contribution < -0.4 is 20.5 Å². The summed E-state index contributed by atoms with van der Waals surface area (Å²) in [6.07, 6.45) is 0. The zero-order valence-corrected chi connectivity index (χ0v) is 13.8. The summed E-state index contributed by atoms with van der Waals surface area (Å²) < 4.78 is 10.5. The Balaban J connectivity index is 1.99. The zero-order chi connectivity index (χ0) is 15.9. The average molecular weight is 319 g/mol. The maximum Gasteiger partial charge on any atom is 0.193 e. The highest BCUT2D eigenvalue weighted by molar-refractivity contribution is 7.10. The highest BCUT2D eigenvalue weighted by Crippen LogP contribution is 2.29. The van der Waals surface area contributed by atoms with Crippen LogP contribution in [-0.2, 0) is 0 Å². The molecule has 0 saturated carbocycles. The van der Waals surface area contributed by atoms with Gasteiger partial charge in [-0.25, -0.2) is 0 Å². The minimum atomic E-state index is 0.353. The summed E-state index contributed by atoms with van der Waals surface area (Å²) in [5.74, 6) is 2.06. The van der Waals surface area contributed by atoms with Gasteiger partial charge in [-0.15, -0.1) is 11.3 Å². The van der Waals surface area contributed by atoms with Gasteiger partial charge < -0.3 is 20.5 Å². The third-order valence-electron chi connectivity index (χ3n) is 3.22. The molecular weight excluding hydrogens is 298 g/mol. The van der Waals surface area contributed by atoms with E-state index in [9.17, 15) is 0 Å². The van der Waals surface area contributed by atoms with Crippen LogP contribution in [0, 0.1) is 0 Å². The molecule has 0 bridgehead atoms. The van der Waals surface area contributed by atoms with E-state index in [0.717, 1.165) is 5.69 Å². The maximum atomic E-state index is 5.94. The minimum Gasteiger partial charge on any atom is -0.493 e. The van der Waals surface area contributed by atoms with Crippen molar-refractivity contribution >= 4 is 23.0 Å². The summed E-state index contributed by atoms with van der Waals surface area (Å²) in [5.41, 5.74) is 6.75. The predicted molar refractivity (Wildman–Crippen MR) is 92.4 cm³/mol. The van der Waals surface area contributed by atoms with Crippen molar-refractivity contribution in [3.05, 3.63) is 40.6 Å². The lowest BCUT2D eigenvalue weighted by atomic mass is 10.1. The Bertz CT molecular complexity index is 626. The van der Waals surface area contributed by atoms with Gasteiger partial charge in [-0.1, -0.05) is 13.0 Å². The average Bonchev–Trinajstić information content (AvgIpc) is 3.07. The molecule has 6 heteroatoms. The third kappa shape index (κ3) is 4.14. The molecule has 0 saturated heterocycles. The van der Waals surface area contributed by atoms with E-state index in [4.69, 9.17) is 15.2 Å². The van der Waals surface area contributed by atoms with Crippen LogP contribution in [0.15, 0.2) is 40.7 Å². The molecule has 1 unspecified atom stereocenters. The first-order valence-corrected chi connectivity index (χ1v) is 7.84. The molecule has 0 aliphatic heterocycles. The lowest BCUT2D eigenvalue weighted by molar-refractivity contribution is 0.355. The smallest absolute Gasteiger partial charge is 0.193 e.